The molecule has 1 aromatic carbocycles. The number of nitrogens with one attached hydrogen (secondary N) is 1. The summed E-state index contributed by atoms with van der Waals surface area (Å²) in [6, 6.07) is 3.19. The molecule has 0 bridgehead atoms. The highest BCUT2D eigenvalue weighted by Crippen LogP contribution is 2.30. The molecule has 1 aliphatic carbocycles. The third kappa shape index (κ3) is 3.33. The zero-order valence-electron chi connectivity index (χ0n) is 11.3. The molecule has 7 heteroatoms. The monoisotopic (exact) mass is 362 g/mol. The molecule has 5 nitrogen and oxygen atoms in total. The van der Waals surface area contributed by atoms with Crippen LogP contribution >= 0.6 is 15.9 Å². The maximum absolute atomic E-state index is 12.4. The van der Waals surface area contributed by atoms with Crippen LogP contribution in [0.2, 0.25) is 0 Å². The van der Waals surface area contributed by atoms with Crippen LogP contribution in [-0.2, 0) is 10.0 Å². The highest BCUT2D eigenvalue weighted by Gasteiger charge is 2.33. The maximum Gasteiger partial charge on any atom is 0.241 e. The first-order valence-corrected chi connectivity index (χ1v) is 8.79. The third-order valence-corrected chi connectivity index (χ3v) is 5.77. The first-order valence-electron chi connectivity index (χ1n) is 6.51. The van der Waals surface area contributed by atoms with Crippen molar-refractivity contribution >= 4 is 31.6 Å². The smallest absolute Gasteiger partial charge is 0.241 e. The van der Waals surface area contributed by atoms with Gasteiger partial charge in [0.15, 0.2) is 0 Å². The van der Waals surface area contributed by atoms with Gasteiger partial charge in [0, 0.05) is 16.7 Å². The molecule has 112 valence electrons. The Labute approximate surface area is 127 Å². The van der Waals surface area contributed by atoms with Crippen LogP contribution in [-0.4, -0.2) is 25.7 Å². The lowest BCUT2D eigenvalue weighted by Crippen LogP contribution is -2.40. The van der Waals surface area contributed by atoms with E-state index in [-0.39, 0.29) is 11.4 Å². The van der Waals surface area contributed by atoms with Gasteiger partial charge in [-0.1, -0.05) is 28.8 Å². The van der Waals surface area contributed by atoms with Gasteiger partial charge in [-0.3, -0.25) is 0 Å². The minimum Gasteiger partial charge on any atom is -0.398 e. The van der Waals surface area contributed by atoms with E-state index in [9.17, 15) is 13.5 Å². The fourth-order valence-corrected chi connectivity index (χ4v) is 4.51. The van der Waals surface area contributed by atoms with Crippen LogP contribution in [0.1, 0.15) is 31.2 Å². The number of benzene rings is 1. The molecule has 0 atom stereocenters. The zero-order chi connectivity index (χ0) is 15.0. The second kappa shape index (κ2) is 5.63. The fraction of sp³-hybridized carbons (Fsp3) is 0.538. The summed E-state index contributed by atoms with van der Waals surface area (Å²) in [6.45, 7) is 1.71. The number of aliphatic hydroxyl groups is 1. The Balaban J connectivity index is 2.22. The number of hydrogen-bond acceptors (Lipinski definition) is 4. The van der Waals surface area contributed by atoms with E-state index in [1.165, 1.54) is 6.07 Å². The molecule has 20 heavy (non-hydrogen) atoms. The number of anilines is 1. The van der Waals surface area contributed by atoms with Crippen molar-refractivity contribution in [3.05, 3.63) is 22.2 Å². The van der Waals surface area contributed by atoms with Crippen molar-refractivity contribution < 1.29 is 13.5 Å². The third-order valence-electron chi connectivity index (χ3n) is 3.78. The standard InChI is InChI=1S/C13H19BrN2O3S/c1-9-11(15)6-10(14)7-12(9)20(18,19)16-8-13(17)4-2-3-5-13/h6-7,16-17H,2-5,8,15H2,1H3. The zero-order valence-corrected chi connectivity index (χ0v) is 13.7. The molecule has 1 aliphatic rings. The Morgan fingerprint density at radius 3 is 2.60 bits per heavy atom. The molecule has 0 spiro atoms. The topological polar surface area (TPSA) is 92.4 Å². The van der Waals surface area contributed by atoms with E-state index < -0.39 is 15.6 Å². The van der Waals surface area contributed by atoms with E-state index in [1.54, 1.807) is 13.0 Å². The number of rotatable bonds is 4. The van der Waals surface area contributed by atoms with Crippen LogP contribution in [0.3, 0.4) is 0 Å². The van der Waals surface area contributed by atoms with Gasteiger partial charge >= 0.3 is 0 Å². The minimum atomic E-state index is -3.68. The van der Waals surface area contributed by atoms with Crippen molar-refractivity contribution in [1.82, 2.24) is 4.72 Å². The van der Waals surface area contributed by atoms with Gasteiger partial charge in [0.1, 0.15) is 0 Å². The largest absolute Gasteiger partial charge is 0.398 e. The predicted molar refractivity (Wildman–Crippen MR) is 81.9 cm³/mol. The molecule has 0 unspecified atom stereocenters. The van der Waals surface area contributed by atoms with Crippen molar-refractivity contribution in [3.8, 4) is 0 Å². The summed E-state index contributed by atoms with van der Waals surface area (Å²) in [6.07, 6.45) is 3.13. The lowest BCUT2D eigenvalue weighted by Gasteiger charge is -2.22. The van der Waals surface area contributed by atoms with E-state index in [2.05, 4.69) is 20.7 Å². The number of halogens is 1. The summed E-state index contributed by atoms with van der Waals surface area (Å²) in [4.78, 5) is 0.144. The molecule has 0 amide bonds. The molecule has 0 radical (unpaired) electrons. The SMILES string of the molecule is Cc1c(N)cc(Br)cc1S(=O)(=O)NCC1(O)CCCC1. The summed E-state index contributed by atoms with van der Waals surface area (Å²) in [5.74, 6) is 0. The Morgan fingerprint density at radius 2 is 2.00 bits per heavy atom. The Kier molecular flexibility index (Phi) is 4.44. The molecule has 1 aromatic rings. The van der Waals surface area contributed by atoms with Gasteiger partial charge in [-0.25, -0.2) is 13.1 Å². The van der Waals surface area contributed by atoms with Gasteiger partial charge in [-0.2, -0.15) is 0 Å². The highest BCUT2D eigenvalue weighted by atomic mass is 79.9. The molecule has 0 aliphatic heterocycles. The molecule has 1 fully saturated rings. The molecule has 1 saturated carbocycles. The summed E-state index contributed by atoms with van der Waals surface area (Å²) in [5.41, 5.74) is 5.80. The van der Waals surface area contributed by atoms with E-state index in [4.69, 9.17) is 5.73 Å². The van der Waals surface area contributed by atoms with Crippen LogP contribution in [0.4, 0.5) is 5.69 Å². The average molecular weight is 363 g/mol. The summed E-state index contributed by atoms with van der Waals surface area (Å²) < 4.78 is 27.8. The number of hydrogen-bond donors (Lipinski definition) is 3. The lowest BCUT2D eigenvalue weighted by atomic mass is 10.0. The second-order valence-corrected chi connectivity index (χ2v) is 8.03. The maximum atomic E-state index is 12.4. The summed E-state index contributed by atoms with van der Waals surface area (Å²) >= 11 is 3.25. The number of nitrogens with two attached hydrogens (primary N) is 1. The van der Waals surface area contributed by atoms with Gasteiger partial charge in [-0.15, -0.1) is 0 Å². The van der Waals surface area contributed by atoms with Crippen LogP contribution in [0, 0.1) is 6.92 Å². The van der Waals surface area contributed by atoms with Crippen molar-refractivity contribution in [3.63, 3.8) is 0 Å². The van der Waals surface area contributed by atoms with Crippen molar-refractivity contribution in [2.45, 2.75) is 43.1 Å². The van der Waals surface area contributed by atoms with Gasteiger partial charge in [-0.05, 0) is 37.5 Å². The Morgan fingerprint density at radius 1 is 1.40 bits per heavy atom. The van der Waals surface area contributed by atoms with Crippen LogP contribution in [0.25, 0.3) is 0 Å². The number of nitrogen functional groups attached to an aromatic ring is 1. The van der Waals surface area contributed by atoms with Crippen molar-refractivity contribution in [2.75, 3.05) is 12.3 Å². The lowest BCUT2D eigenvalue weighted by molar-refractivity contribution is 0.0532. The molecule has 0 aromatic heterocycles. The fourth-order valence-electron chi connectivity index (χ4n) is 2.47. The van der Waals surface area contributed by atoms with Gasteiger partial charge < -0.3 is 10.8 Å². The van der Waals surface area contributed by atoms with Gasteiger partial charge in [0.05, 0.1) is 10.5 Å². The normalized spacial score (nSPS) is 18.4. The van der Waals surface area contributed by atoms with E-state index in [0.717, 1.165) is 12.8 Å². The number of sulfonamides is 1. The summed E-state index contributed by atoms with van der Waals surface area (Å²) in [7, 11) is -3.68. The van der Waals surface area contributed by atoms with Crippen LogP contribution in [0.5, 0.6) is 0 Å². The average Bonchev–Trinajstić information content (AvgIpc) is 2.79. The quantitative estimate of drug-likeness (QED) is 0.713. The Bertz CT molecular complexity index is 610. The molecular weight excluding hydrogens is 344 g/mol. The van der Waals surface area contributed by atoms with Crippen LogP contribution in [0.15, 0.2) is 21.5 Å². The molecule has 4 N–H and O–H groups in total. The first-order chi connectivity index (χ1) is 9.23. The van der Waals surface area contributed by atoms with E-state index >= 15 is 0 Å². The first kappa shape index (κ1) is 15.8. The van der Waals surface area contributed by atoms with Crippen molar-refractivity contribution in [1.29, 1.82) is 0 Å². The van der Waals surface area contributed by atoms with Gasteiger partial charge in [0.25, 0.3) is 0 Å². The van der Waals surface area contributed by atoms with Crippen molar-refractivity contribution in [2.24, 2.45) is 0 Å². The van der Waals surface area contributed by atoms with Crippen LogP contribution < -0.4 is 10.5 Å². The second-order valence-electron chi connectivity index (χ2n) is 5.37. The van der Waals surface area contributed by atoms with Gasteiger partial charge in [0.2, 0.25) is 10.0 Å². The highest BCUT2D eigenvalue weighted by molar-refractivity contribution is 9.10. The predicted octanol–water partition coefficient (Wildman–Crippen LogP) is 1.92. The minimum absolute atomic E-state index is 0.0428. The molecule has 2 rings (SSSR count). The van der Waals surface area contributed by atoms with E-state index in [1.807, 2.05) is 0 Å². The van der Waals surface area contributed by atoms with E-state index in [0.29, 0.717) is 28.6 Å². The Hall–Kier alpha value is -0.630. The molecule has 0 saturated heterocycles. The molecule has 0 heterocycles. The molecular formula is C13H19BrN2O3S. The summed E-state index contributed by atoms with van der Waals surface area (Å²) in [5, 5.41) is 10.2.